The van der Waals surface area contributed by atoms with E-state index in [0.29, 0.717) is 12.4 Å². The highest BCUT2D eigenvalue weighted by Gasteiger charge is 2.25. The van der Waals surface area contributed by atoms with Gasteiger partial charge in [0.25, 0.3) is 0 Å². The molecule has 8 heteroatoms. The van der Waals surface area contributed by atoms with Gasteiger partial charge in [-0.1, -0.05) is 0 Å². The monoisotopic (exact) mass is 294 g/mol. The van der Waals surface area contributed by atoms with Crippen molar-refractivity contribution in [3.05, 3.63) is 46.3 Å². The van der Waals surface area contributed by atoms with Crippen molar-refractivity contribution in [2.75, 3.05) is 19.1 Å². The molecule has 0 fully saturated rings. The molecule has 2 aromatic rings. The molecule has 0 unspecified atom stereocenters. The van der Waals surface area contributed by atoms with Gasteiger partial charge >= 0.3 is 5.69 Å². The fourth-order valence-corrected chi connectivity index (χ4v) is 2.00. The number of benzene rings is 1. The molecule has 1 aromatic carbocycles. The number of hydrogen-bond donors (Lipinski definition) is 0. The van der Waals surface area contributed by atoms with Gasteiger partial charge in [0.2, 0.25) is 5.82 Å². The van der Waals surface area contributed by atoms with Crippen LogP contribution in [0, 0.1) is 15.9 Å². The van der Waals surface area contributed by atoms with Crippen LogP contribution in [0.1, 0.15) is 5.82 Å². The van der Waals surface area contributed by atoms with E-state index in [9.17, 15) is 14.5 Å². The topological polar surface area (TPSA) is 73.4 Å². The van der Waals surface area contributed by atoms with Crippen LogP contribution in [0.2, 0.25) is 0 Å². The maximum atomic E-state index is 13.9. The van der Waals surface area contributed by atoms with Crippen LogP contribution in [-0.2, 0) is 13.6 Å². The van der Waals surface area contributed by atoms with Gasteiger partial charge in [-0.25, -0.2) is 4.98 Å². The normalized spacial score (nSPS) is 10.5. The Morgan fingerprint density at radius 2 is 2.24 bits per heavy atom. The lowest BCUT2D eigenvalue weighted by atomic mass is 10.2. The molecule has 0 aliphatic carbocycles. The molecule has 112 valence electrons. The van der Waals surface area contributed by atoms with E-state index >= 15 is 0 Å². The Labute approximate surface area is 120 Å². The summed E-state index contributed by atoms with van der Waals surface area (Å²) in [6.07, 6.45) is 3.40. The Hall–Kier alpha value is -2.64. The van der Waals surface area contributed by atoms with Gasteiger partial charge in [0.05, 0.1) is 18.6 Å². The minimum atomic E-state index is -0.930. The van der Waals surface area contributed by atoms with Crippen LogP contribution in [-0.4, -0.2) is 28.6 Å². The third-order valence-electron chi connectivity index (χ3n) is 3.15. The average Bonchev–Trinajstić information content (AvgIpc) is 2.82. The minimum Gasteiger partial charge on any atom is -0.497 e. The zero-order chi connectivity index (χ0) is 15.6. The zero-order valence-corrected chi connectivity index (χ0v) is 11.9. The number of aromatic nitrogens is 2. The third-order valence-corrected chi connectivity index (χ3v) is 3.15. The second-order valence-electron chi connectivity index (χ2n) is 4.54. The van der Waals surface area contributed by atoms with E-state index in [4.69, 9.17) is 4.74 Å². The number of halogens is 1. The van der Waals surface area contributed by atoms with Crippen LogP contribution in [0.5, 0.6) is 5.75 Å². The SMILES string of the molecule is COc1cc(F)c([N+](=O)[O-])c(N(C)Cc2nccn2C)c1. The van der Waals surface area contributed by atoms with E-state index in [-0.39, 0.29) is 11.4 Å². The number of nitrogens with zero attached hydrogens (tertiary/aromatic N) is 4. The fourth-order valence-electron chi connectivity index (χ4n) is 2.00. The summed E-state index contributed by atoms with van der Waals surface area (Å²) in [6, 6.07) is 2.43. The van der Waals surface area contributed by atoms with E-state index in [0.717, 1.165) is 6.07 Å². The number of anilines is 1. The summed E-state index contributed by atoms with van der Waals surface area (Å²) in [5.41, 5.74) is -0.438. The summed E-state index contributed by atoms with van der Waals surface area (Å²) in [5.74, 6) is -0.00384. The quantitative estimate of drug-likeness (QED) is 0.623. The first-order chi connectivity index (χ1) is 9.93. The summed E-state index contributed by atoms with van der Waals surface area (Å²) >= 11 is 0. The summed E-state index contributed by atoms with van der Waals surface area (Å²) in [4.78, 5) is 16.1. The van der Waals surface area contributed by atoms with E-state index in [2.05, 4.69) is 4.98 Å². The van der Waals surface area contributed by atoms with E-state index < -0.39 is 16.4 Å². The van der Waals surface area contributed by atoms with Crippen LogP contribution in [0.3, 0.4) is 0 Å². The number of ether oxygens (including phenoxy) is 1. The standard InChI is InChI=1S/C13H15FN4O3/c1-16-5-4-15-12(16)8-17(2)11-7-9(21-3)6-10(14)13(11)18(19)20/h4-7H,8H2,1-3H3. The molecule has 0 atom stereocenters. The average molecular weight is 294 g/mol. The maximum Gasteiger partial charge on any atom is 0.328 e. The maximum absolute atomic E-state index is 13.9. The van der Waals surface area contributed by atoms with Crippen molar-refractivity contribution in [3.63, 3.8) is 0 Å². The van der Waals surface area contributed by atoms with Gasteiger partial charge in [0, 0.05) is 38.6 Å². The molecule has 1 aromatic heterocycles. The van der Waals surface area contributed by atoms with Gasteiger partial charge in [-0.15, -0.1) is 0 Å². The predicted octanol–water partition coefficient (Wildman–Crippen LogP) is 2.11. The zero-order valence-electron chi connectivity index (χ0n) is 11.9. The molecule has 0 N–H and O–H groups in total. The molecule has 0 spiro atoms. The molecule has 7 nitrogen and oxygen atoms in total. The molecule has 21 heavy (non-hydrogen) atoms. The lowest BCUT2D eigenvalue weighted by molar-refractivity contribution is -0.386. The number of nitro groups is 1. The second kappa shape index (κ2) is 5.78. The van der Waals surface area contributed by atoms with Gasteiger partial charge in [0.15, 0.2) is 0 Å². The highest BCUT2D eigenvalue weighted by molar-refractivity contribution is 5.66. The van der Waals surface area contributed by atoms with Crippen molar-refractivity contribution in [2.24, 2.45) is 7.05 Å². The Balaban J connectivity index is 2.43. The lowest BCUT2D eigenvalue weighted by Gasteiger charge is -2.19. The van der Waals surface area contributed by atoms with Crippen LogP contribution in [0.25, 0.3) is 0 Å². The van der Waals surface area contributed by atoms with Crippen molar-refractivity contribution < 1.29 is 14.1 Å². The molecular formula is C13H15FN4O3. The van der Waals surface area contributed by atoms with Crippen LogP contribution in [0.4, 0.5) is 15.8 Å². The van der Waals surface area contributed by atoms with Gasteiger partial charge in [-0.05, 0) is 0 Å². The number of nitro benzene ring substituents is 1. The van der Waals surface area contributed by atoms with E-state index in [1.54, 1.807) is 28.9 Å². The molecular weight excluding hydrogens is 279 g/mol. The van der Waals surface area contributed by atoms with Crippen molar-refractivity contribution in [1.82, 2.24) is 9.55 Å². The van der Waals surface area contributed by atoms with Crippen molar-refractivity contribution in [2.45, 2.75) is 6.54 Å². The van der Waals surface area contributed by atoms with Gasteiger partial charge in [-0.3, -0.25) is 10.1 Å². The number of methoxy groups -OCH3 is 1. The lowest BCUT2D eigenvalue weighted by Crippen LogP contribution is -2.20. The number of imidazole rings is 1. The fraction of sp³-hybridized carbons (Fsp3) is 0.308. The highest BCUT2D eigenvalue weighted by atomic mass is 19.1. The summed E-state index contributed by atoms with van der Waals surface area (Å²) in [6.45, 7) is 0.303. The number of rotatable bonds is 5. The smallest absolute Gasteiger partial charge is 0.328 e. The molecule has 2 rings (SSSR count). The van der Waals surface area contributed by atoms with Gasteiger partial charge in [0.1, 0.15) is 17.3 Å². The Bertz CT molecular complexity index is 671. The third kappa shape index (κ3) is 2.93. The van der Waals surface area contributed by atoms with Crippen molar-refractivity contribution in [1.29, 1.82) is 0 Å². The molecule has 0 aliphatic rings. The van der Waals surface area contributed by atoms with Crippen molar-refractivity contribution >= 4 is 11.4 Å². The first-order valence-corrected chi connectivity index (χ1v) is 6.13. The molecule has 0 radical (unpaired) electrons. The van der Waals surface area contributed by atoms with Gasteiger partial charge in [-0.2, -0.15) is 4.39 Å². The van der Waals surface area contributed by atoms with Crippen LogP contribution in [0.15, 0.2) is 24.5 Å². The summed E-state index contributed by atoms with van der Waals surface area (Å²) in [5, 5.41) is 11.1. The molecule has 1 heterocycles. The summed E-state index contributed by atoms with van der Waals surface area (Å²) in [7, 11) is 4.83. The Morgan fingerprint density at radius 3 is 2.76 bits per heavy atom. The Kier molecular flexibility index (Phi) is 4.06. The van der Waals surface area contributed by atoms with Gasteiger partial charge < -0.3 is 14.2 Å². The predicted molar refractivity (Wildman–Crippen MR) is 74.9 cm³/mol. The van der Waals surface area contributed by atoms with E-state index in [1.165, 1.54) is 13.2 Å². The molecule has 0 aliphatic heterocycles. The minimum absolute atomic E-state index is 0.139. The van der Waals surface area contributed by atoms with Crippen LogP contribution >= 0.6 is 0 Å². The number of hydrogen-bond acceptors (Lipinski definition) is 5. The molecule has 0 bridgehead atoms. The first kappa shape index (κ1) is 14.8. The summed E-state index contributed by atoms with van der Waals surface area (Å²) < 4.78 is 20.7. The first-order valence-electron chi connectivity index (χ1n) is 6.13. The Morgan fingerprint density at radius 1 is 1.52 bits per heavy atom. The molecule has 0 saturated heterocycles. The second-order valence-corrected chi connectivity index (χ2v) is 4.54. The largest absolute Gasteiger partial charge is 0.497 e. The van der Waals surface area contributed by atoms with E-state index in [1.807, 2.05) is 7.05 Å². The molecule has 0 saturated carbocycles. The molecule has 0 amide bonds. The highest BCUT2D eigenvalue weighted by Crippen LogP contribution is 2.35. The number of aryl methyl sites for hydroxylation is 1. The van der Waals surface area contributed by atoms with Crippen molar-refractivity contribution in [3.8, 4) is 5.75 Å². The van der Waals surface area contributed by atoms with Crippen LogP contribution < -0.4 is 9.64 Å².